The van der Waals surface area contributed by atoms with Crippen molar-refractivity contribution in [3.8, 4) is 0 Å². The molecule has 0 amide bonds. The number of aryl methyl sites for hydroxylation is 1. The van der Waals surface area contributed by atoms with Crippen molar-refractivity contribution in [2.75, 3.05) is 0 Å². The van der Waals surface area contributed by atoms with Gasteiger partial charge in [0.05, 0.1) is 9.16 Å². The summed E-state index contributed by atoms with van der Waals surface area (Å²) in [6.07, 6.45) is 0. The Labute approximate surface area is 111 Å². The minimum Gasteiger partial charge on any atom is -0.207 e. The number of benzene rings is 1. The van der Waals surface area contributed by atoms with E-state index in [4.69, 9.17) is 11.6 Å². The number of rotatable bonds is 2. The zero-order valence-corrected chi connectivity index (χ0v) is 11.7. The van der Waals surface area contributed by atoms with E-state index in [-0.39, 0.29) is 5.82 Å². The molecule has 1 atom stereocenters. The van der Waals surface area contributed by atoms with E-state index in [9.17, 15) is 4.39 Å². The van der Waals surface area contributed by atoms with Gasteiger partial charge in [0.25, 0.3) is 0 Å². The maximum atomic E-state index is 13.7. The largest absolute Gasteiger partial charge is 0.207 e. The zero-order valence-electron chi connectivity index (χ0n) is 8.51. The Morgan fingerprint density at radius 1 is 1.31 bits per heavy atom. The molecular formula is C12H9BrClFS. The Balaban J connectivity index is 2.37. The molecule has 0 saturated carbocycles. The van der Waals surface area contributed by atoms with Crippen LogP contribution >= 0.6 is 38.9 Å². The summed E-state index contributed by atoms with van der Waals surface area (Å²) in [5, 5.41) is -0.420. The lowest BCUT2D eigenvalue weighted by Gasteiger charge is -2.09. The zero-order chi connectivity index (χ0) is 11.7. The molecule has 84 valence electrons. The second-order valence-electron chi connectivity index (χ2n) is 3.53. The summed E-state index contributed by atoms with van der Waals surface area (Å²) in [6, 6.07) is 8.95. The van der Waals surface area contributed by atoms with Gasteiger partial charge in [0, 0.05) is 10.4 Å². The van der Waals surface area contributed by atoms with E-state index in [1.54, 1.807) is 6.07 Å². The Hall–Kier alpha value is -0.380. The van der Waals surface area contributed by atoms with Gasteiger partial charge in [-0.15, -0.1) is 22.9 Å². The van der Waals surface area contributed by atoms with Crippen LogP contribution in [0.1, 0.15) is 21.4 Å². The molecule has 16 heavy (non-hydrogen) atoms. The van der Waals surface area contributed by atoms with Gasteiger partial charge in [0.2, 0.25) is 0 Å². The molecule has 0 saturated heterocycles. The van der Waals surface area contributed by atoms with E-state index in [1.165, 1.54) is 17.4 Å². The highest BCUT2D eigenvalue weighted by atomic mass is 79.9. The van der Waals surface area contributed by atoms with Crippen molar-refractivity contribution >= 4 is 38.9 Å². The maximum absolute atomic E-state index is 13.7. The third kappa shape index (κ3) is 2.47. The molecule has 0 aliphatic heterocycles. The fraction of sp³-hybridized carbons (Fsp3) is 0.167. The Kier molecular flexibility index (Phi) is 3.67. The Bertz CT molecular complexity index is 509. The van der Waals surface area contributed by atoms with Crippen molar-refractivity contribution in [1.29, 1.82) is 0 Å². The van der Waals surface area contributed by atoms with Crippen LogP contribution in [0.3, 0.4) is 0 Å². The van der Waals surface area contributed by atoms with Crippen molar-refractivity contribution < 1.29 is 4.39 Å². The third-order valence-corrected chi connectivity index (χ3v) is 4.56. The lowest BCUT2D eigenvalue weighted by atomic mass is 10.1. The standard InChI is InChI=1S/C12H9BrClFS/c1-7-2-3-8(9(15)6-7)12(14)10-4-5-11(13)16-10/h2-6,12H,1H3. The van der Waals surface area contributed by atoms with Gasteiger partial charge in [-0.1, -0.05) is 12.1 Å². The van der Waals surface area contributed by atoms with Crippen molar-refractivity contribution in [1.82, 2.24) is 0 Å². The summed E-state index contributed by atoms with van der Waals surface area (Å²) in [7, 11) is 0. The monoisotopic (exact) mass is 318 g/mol. The molecule has 0 spiro atoms. The predicted octanol–water partition coefficient (Wildman–Crippen LogP) is 5.29. The highest BCUT2D eigenvalue weighted by molar-refractivity contribution is 9.11. The molecule has 0 fully saturated rings. The molecule has 1 unspecified atom stereocenters. The Morgan fingerprint density at radius 2 is 2.06 bits per heavy atom. The molecule has 2 aromatic rings. The molecular weight excluding hydrogens is 311 g/mol. The van der Waals surface area contributed by atoms with Gasteiger partial charge in [-0.2, -0.15) is 0 Å². The van der Waals surface area contributed by atoms with E-state index >= 15 is 0 Å². The SMILES string of the molecule is Cc1ccc(C(Cl)c2ccc(Br)s2)c(F)c1. The second kappa shape index (κ2) is 4.86. The normalized spacial score (nSPS) is 12.8. The van der Waals surface area contributed by atoms with Crippen LogP contribution in [0.4, 0.5) is 4.39 Å². The van der Waals surface area contributed by atoms with E-state index in [0.717, 1.165) is 14.2 Å². The molecule has 1 heterocycles. The first-order chi connectivity index (χ1) is 7.58. The number of alkyl halides is 1. The van der Waals surface area contributed by atoms with Crippen LogP contribution in [0.25, 0.3) is 0 Å². The minimum absolute atomic E-state index is 0.246. The van der Waals surface area contributed by atoms with Gasteiger partial charge < -0.3 is 0 Å². The smallest absolute Gasteiger partial charge is 0.128 e. The first-order valence-electron chi connectivity index (χ1n) is 4.73. The first kappa shape index (κ1) is 12.1. The van der Waals surface area contributed by atoms with E-state index in [2.05, 4.69) is 15.9 Å². The number of thiophene rings is 1. The van der Waals surface area contributed by atoms with Crippen molar-refractivity contribution in [3.63, 3.8) is 0 Å². The van der Waals surface area contributed by atoms with Gasteiger partial charge in [-0.25, -0.2) is 4.39 Å². The van der Waals surface area contributed by atoms with Gasteiger partial charge in [0.15, 0.2) is 0 Å². The van der Waals surface area contributed by atoms with Crippen molar-refractivity contribution in [2.24, 2.45) is 0 Å². The average Bonchev–Trinajstić information content (AvgIpc) is 2.64. The lowest BCUT2D eigenvalue weighted by Crippen LogP contribution is -1.95. The van der Waals surface area contributed by atoms with E-state index < -0.39 is 5.38 Å². The summed E-state index contributed by atoms with van der Waals surface area (Å²) in [4.78, 5) is 0.941. The number of hydrogen-bond donors (Lipinski definition) is 0. The summed E-state index contributed by atoms with van der Waals surface area (Å²) in [5.41, 5.74) is 1.43. The van der Waals surface area contributed by atoms with Crippen LogP contribution in [0.15, 0.2) is 34.1 Å². The molecule has 0 aliphatic rings. The van der Waals surface area contributed by atoms with Gasteiger partial charge in [0.1, 0.15) is 5.82 Å². The molecule has 0 nitrogen and oxygen atoms in total. The van der Waals surface area contributed by atoms with Gasteiger partial charge in [-0.05, 0) is 46.6 Å². The highest BCUT2D eigenvalue weighted by Crippen LogP contribution is 2.36. The summed E-state index contributed by atoms with van der Waals surface area (Å²) in [5.74, 6) is -0.246. The third-order valence-electron chi connectivity index (χ3n) is 2.27. The predicted molar refractivity (Wildman–Crippen MR) is 70.9 cm³/mol. The second-order valence-corrected chi connectivity index (χ2v) is 6.46. The molecule has 1 aromatic carbocycles. The molecule has 2 rings (SSSR count). The summed E-state index contributed by atoms with van der Waals surface area (Å²) >= 11 is 11.1. The van der Waals surface area contributed by atoms with Gasteiger partial charge in [-0.3, -0.25) is 0 Å². The Morgan fingerprint density at radius 3 is 2.62 bits per heavy atom. The van der Waals surface area contributed by atoms with E-state index in [1.807, 2.05) is 25.1 Å². The summed E-state index contributed by atoms with van der Waals surface area (Å²) in [6.45, 7) is 1.86. The lowest BCUT2D eigenvalue weighted by molar-refractivity contribution is 0.611. The van der Waals surface area contributed by atoms with Crippen LogP contribution in [0.5, 0.6) is 0 Å². The minimum atomic E-state index is -0.420. The highest BCUT2D eigenvalue weighted by Gasteiger charge is 2.16. The van der Waals surface area contributed by atoms with Crippen LogP contribution in [0, 0.1) is 12.7 Å². The van der Waals surface area contributed by atoms with Crippen molar-refractivity contribution in [3.05, 3.63) is 55.9 Å². The van der Waals surface area contributed by atoms with Crippen LogP contribution < -0.4 is 0 Å². The van der Waals surface area contributed by atoms with Gasteiger partial charge >= 0.3 is 0 Å². The van der Waals surface area contributed by atoms with Crippen LogP contribution in [-0.4, -0.2) is 0 Å². The fourth-order valence-electron chi connectivity index (χ4n) is 1.46. The molecule has 1 aromatic heterocycles. The molecule has 0 aliphatic carbocycles. The first-order valence-corrected chi connectivity index (χ1v) is 6.78. The number of halogens is 3. The van der Waals surface area contributed by atoms with E-state index in [0.29, 0.717) is 5.56 Å². The number of hydrogen-bond acceptors (Lipinski definition) is 1. The fourth-order valence-corrected chi connectivity index (χ4v) is 3.26. The topological polar surface area (TPSA) is 0 Å². The van der Waals surface area contributed by atoms with Crippen LogP contribution in [0.2, 0.25) is 0 Å². The molecule has 0 radical (unpaired) electrons. The molecule has 0 bridgehead atoms. The van der Waals surface area contributed by atoms with Crippen molar-refractivity contribution in [2.45, 2.75) is 12.3 Å². The average molecular weight is 320 g/mol. The molecule has 4 heteroatoms. The quantitative estimate of drug-likeness (QED) is 0.660. The molecule has 0 N–H and O–H groups in total. The maximum Gasteiger partial charge on any atom is 0.128 e. The summed E-state index contributed by atoms with van der Waals surface area (Å²) < 4.78 is 14.7. The van der Waals surface area contributed by atoms with Crippen LogP contribution in [-0.2, 0) is 0 Å².